The Labute approximate surface area is 124 Å². The van der Waals surface area contributed by atoms with Crippen molar-refractivity contribution in [3.8, 4) is 0 Å². The zero-order chi connectivity index (χ0) is 14.6. The fourth-order valence-electron chi connectivity index (χ4n) is 2.08. The van der Waals surface area contributed by atoms with Crippen molar-refractivity contribution in [2.24, 2.45) is 0 Å². The minimum atomic E-state index is -3.41. The molecule has 0 aromatic heterocycles. The number of nitrogens with zero attached hydrogens (tertiary/aromatic N) is 1. The van der Waals surface area contributed by atoms with Crippen LogP contribution in [0.4, 0.5) is 0 Å². The van der Waals surface area contributed by atoms with Gasteiger partial charge in [0.2, 0.25) is 10.0 Å². The van der Waals surface area contributed by atoms with E-state index in [0.29, 0.717) is 17.2 Å². The van der Waals surface area contributed by atoms with E-state index in [1.807, 2.05) is 7.05 Å². The standard InChI is InChI=1S/C13H19ClN2O3S/c1-16-6-7-19-12(9-16)8-15-20(17,18)10-11-4-2-3-5-13(11)14/h2-5,12,15H,6-10H2,1H3. The second-order valence-electron chi connectivity index (χ2n) is 4.95. The van der Waals surface area contributed by atoms with E-state index in [9.17, 15) is 8.42 Å². The Kier molecular flexibility index (Phi) is 5.40. The molecular weight excluding hydrogens is 300 g/mol. The minimum Gasteiger partial charge on any atom is -0.374 e. The zero-order valence-corrected chi connectivity index (χ0v) is 13.0. The summed E-state index contributed by atoms with van der Waals surface area (Å²) in [5.74, 6) is -0.116. The lowest BCUT2D eigenvalue weighted by Gasteiger charge is -2.30. The number of rotatable bonds is 5. The number of hydrogen-bond donors (Lipinski definition) is 1. The summed E-state index contributed by atoms with van der Waals surface area (Å²) in [6.07, 6.45) is -0.102. The first kappa shape index (κ1) is 15.7. The Balaban J connectivity index is 1.89. The van der Waals surface area contributed by atoms with E-state index in [1.165, 1.54) is 0 Å². The summed E-state index contributed by atoms with van der Waals surface area (Å²) in [5, 5.41) is 0.464. The molecular formula is C13H19ClN2O3S. The molecule has 1 fully saturated rings. The first-order valence-corrected chi connectivity index (χ1v) is 8.50. The average molecular weight is 319 g/mol. The molecule has 1 aliphatic heterocycles. The summed E-state index contributed by atoms with van der Waals surface area (Å²) >= 11 is 5.97. The number of ether oxygens (including phenoxy) is 1. The summed E-state index contributed by atoms with van der Waals surface area (Å²) in [4.78, 5) is 2.12. The molecule has 1 heterocycles. The maximum Gasteiger partial charge on any atom is 0.215 e. The molecule has 1 atom stereocenters. The summed E-state index contributed by atoms with van der Waals surface area (Å²) in [6.45, 7) is 2.53. The minimum absolute atomic E-state index is 0.102. The third-order valence-corrected chi connectivity index (χ3v) is 4.84. The van der Waals surface area contributed by atoms with Crippen LogP contribution in [0.5, 0.6) is 0 Å². The summed E-state index contributed by atoms with van der Waals surface area (Å²) in [7, 11) is -1.41. The topological polar surface area (TPSA) is 58.6 Å². The van der Waals surface area contributed by atoms with E-state index in [2.05, 4.69) is 9.62 Å². The zero-order valence-electron chi connectivity index (χ0n) is 11.4. The molecule has 0 amide bonds. The van der Waals surface area contributed by atoms with Gasteiger partial charge in [-0.1, -0.05) is 29.8 Å². The maximum atomic E-state index is 12.0. The third kappa shape index (κ3) is 4.71. The quantitative estimate of drug-likeness (QED) is 0.883. The lowest BCUT2D eigenvalue weighted by Crippen LogP contribution is -2.46. The molecule has 1 aromatic rings. The average Bonchev–Trinajstić information content (AvgIpc) is 2.39. The fraction of sp³-hybridized carbons (Fsp3) is 0.538. The van der Waals surface area contributed by atoms with Crippen molar-refractivity contribution in [3.05, 3.63) is 34.9 Å². The van der Waals surface area contributed by atoms with Crippen molar-refractivity contribution < 1.29 is 13.2 Å². The Morgan fingerprint density at radius 3 is 2.90 bits per heavy atom. The van der Waals surface area contributed by atoms with Crippen LogP contribution in [-0.2, 0) is 20.5 Å². The van der Waals surface area contributed by atoms with Gasteiger partial charge in [0.15, 0.2) is 0 Å². The van der Waals surface area contributed by atoms with E-state index in [4.69, 9.17) is 16.3 Å². The van der Waals surface area contributed by atoms with Gasteiger partial charge in [-0.2, -0.15) is 0 Å². The van der Waals surface area contributed by atoms with Crippen molar-refractivity contribution in [2.75, 3.05) is 33.3 Å². The highest BCUT2D eigenvalue weighted by Gasteiger charge is 2.20. The molecule has 5 nitrogen and oxygen atoms in total. The second kappa shape index (κ2) is 6.87. The molecule has 7 heteroatoms. The number of benzene rings is 1. The first-order chi connectivity index (χ1) is 9.46. The van der Waals surface area contributed by atoms with Crippen molar-refractivity contribution >= 4 is 21.6 Å². The molecule has 0 aliphatic carbocycles. The van der Waals surface area contributed by atoms with E-state index in [-0.39, 0.29) is 18.4 Å². The van der Waals surface area contributed by atoms with Crippen LogP contribution in [0.3, 0.4) is 0 Å². The van der Waals surface area contributed by atoms with Gasteiger partial charge in [0, 0.05) is 24.7 Å². The Morgan fingerprint density at radius 2 is 2.20 bits per heavy atom. The van der Waals surface area contributed by atoms with Crippen LogP contribution >= 0.6 is 11.6 Å². The lowest BCUT2D eigenvalue weighted by molar-refractivity contribution is -0.0156. The molecule has 1 saturated heterocycles. The van der Waals surface area contributed by atoms with E-state index >= 15 is 0 Å². The molecule has 1 unspecified atom stereocenters. The maximum absolute atomic E-state index is 12.0. The number of morpholine rings is 1. The van der Waals surface area contributed by atoms with Gasteiger partial charge in [0.25, 0.3) is 0 Å². The van der Waals surface area contributed by atoms with Gasteiger partial charge in [0.05, 0.1) is 18.5 Å². The molecule has 0 radical (unpaired) electrons. The van der Waals surface area contributed by atoms with Crippen LogP contribution in [0.1, 0.15) is 5.56 Å². The Hall–Kier alpha value is -0.660. The number of likely N-dealkylation sites (N-methyl/N-ethyl adjacent to an activating group) is 1. The highest BCUT2D eigenvalue weighted by Crippen LogP contribution is 2.17. The van der Waals surface area contributed by atoms with Gasteiger partial charge in [-0.25, -0.2) is 13.1 Å². The highest BCUT2D eigenvalue weighted by molar-refractivity contribution is 7.88. The third-order valence-electron chi connectivity index (χ3n) is 3.18. The van der Waals surface area contributed by atoms with Crippen LogP contribution in [0.15, 0.2) is 24.3 Å². The van der Waals surface area contributed by atoms with E-state index in [1.54, 1.807) is 24.3 Å². The van der Waals surface area contributed by atoms with Gasteiger partial charge in [-0.15, -0.1) is 0 Å². The molecule has 1 aliphatic rings. The Morgan fingerprint density at radius 1 is 1.45 bits per heavy atom. The van der Waals surface area contributed by atoms with E-state index < -0.39 is 10.0 Å². The van der Waals surface area contributed by atoms with Gasteiger partial charge in [-0.05, 0) is 18.7 Å². The number of nitrogens with one attached hydrogen (secondary N) is 1. The van der Waals surface area contributed by atoms with Crippen LogP contribution in [0.25, 0.3) is 0 Å². The Bertz CT molecular complexity index is 550. The highest BCUT2D eigenvalue weighted by atomic mass is 35.5. The van der Waals surface area contributed by atoms with Crippen LogP contribution in [0.2, 0.25) is 5.02 Å². The van der Waals surface area contributed by atoms with Crippen molar-refractivity contribution in [1.82, 2.24) is 9.62 Å². The van der Waals surface area contributed by atoms with Crippen molar-refractivity contribution in [1.29, 1.82) is 0 Å². The molecule has 112 valence electrons. The first-order valence-electron chi connectivity index (χ1n) is 6.47. The molecule has 2 rings (SSSR count). The molecule has 1 N–H and O–H groups in total. The number of hydrogen-bond acceptors (Lipinski definition) is 4. The predicted molar refractivity (Wildman–Crippen MR) is 79.3 cm³/mol. The lowest BCUT2D eigenvalue weighted by atomic mass is 10.2. The normalized spacial score (nSPS) is 21.0. The fourth-order valence-corrected chi connectivity index (χ4v) is 3.57. The number of halogens is 1. The van der Waals surface area contributed by atoms with Crippen LogP contribution < -0.4 is 4.72 Å². The number of sulfonamides is 1. The second-order valence-corrected chi connectivity index (χ2v) is 7.17. The van der Waals surface area contributed by atoms with Crippen LogP contribution in [0, 0.1) is 0 Å². The van der Waals surface area contributed by atoms with Gasteiger partial charge in [-0.3, -0.25) is 0 Å². The summed E-state index contributed by atoms with van der Waals surface area (Å²) in [6, 6.07) is 6.95. The van der Waals surface area contributed by atoms with E-state index in [0.717, 1.165) is 13.1 Å². The van der Waals surface area contributed by atoms with Gasteiger partial charge < -0.3 is 9.64 Å². The SMILES string of the molecule is CN1CCOC(CNS(=O)(=O)Cc2ccccc2Cl)C1. The molecule has 0 saturated carbocycles. The monoisotopic (exact) mass is 318 g/mol. The largest absolute Gasteiger partial charge is 0.374 e. The molecule has 20 heavy (non-hydrogen) atoms. The van der Waals surface area contributed by atoms with Crippen LogP contribution in [-0.4, -0.2) is 52.7 Å². The van der Waals surface area contributed by atoms with Gasteiger partial charge >= 0.3 is 0 Å². The molecule has 0 spiro atoms. The van der Waals surface area contributed by atoms with Crippen molar-refractivity contribution in [2.45, 2.75) is 11.9 Å². The van der Waals surface area contributed by atoms with Crippen molar-refractivity contribution in [3.63, 3.8) is 0 Å². The smallest absolute Gasteiger partial charge is 0.215 e. The predicted octanol–water partition coefficient (Wildman–Crippen LogP) is 1.09. The summed E-state index contributed by atoms with van der Waals surface area (Å²) < 4.78 is 32.2. The van der Waals surface area contributed by atoms with Gasteiger partial charge in [0.1, 0.15) is 0 Å². The summed E-state index contributed by atoms with van der Waals surface area (Å²) in [5.41, 5.74) is 0.600. The molecule has 1 aromatic carbocycles. The molecule has 0 bridgehead atoms.